The molecule has 2 N–H and O–H groups in total. The Morgan fingerprint density at radius 2 is 2.05 bits per heavy atom. The van der Waals surface area contributed by atoms with E-state index >= 15 is 0 Å². The molecule has 0 aromatic carbocycles. The molecular weight excluding hydrogens is 284 g/mol. The molecule has 0 radical (unpaired) electrons. The molecule has 0 aliphatic heterocycles. The summed E-state index contributed by atoms with van der Waals surface area (Å²) in [7, 11) is 0. The second-order valence-corrected chi connectivity index (χ2v) is 3.77. The van der Waals surface area contributed by atoms with Crippen molar-refractivity contribution in [3.63, 3.8) is 0 Å². The molecule has 0 spiro atoms. The van der Waals surface area contributed by atoms with Gasteiger partial charge in [0.2, 0.25) is 5.82 Å². The molecule has 0 fully saturated rings. The SMILES string of the molecule is CCNc1ccc([N+](=O)[O-])c(NCC(F)(F)C(F)F)n1. The first-order chi connectivity index (χ1) is 9.27. The van der Waals surface area contributed by atoms with Crippen LogP contribution in [-0.2, 0) is 0 Å². The van der Waals surface area contributed by atoms with E-state index < -0.39 is 35.3 Å². The van der Waals surface area contributed by atoms with E-state index in [1.807, 2.05) is 5.32 Å². The van der Waals surface area contributed by atoms with Gasteiger partial charge in [-0.1, -0.05) is 0 Å². The summed E-state index contributed by atoms with van der Waals surface area (Å²) < 4.78 is 49.6. The molecule has 10 heteroatoms. The van der Waals surface area contributed by atoms with Crippen molar-refractivity contribution in [1.29, 1.82) is 0 Å². The Balaban J connectivity index is 2.96. The van der Waals surface area contributed by atoms with Crippen LogP contribution in [0.25, 0.3) is 0 Å². The Kier molecular flexibility index (Phi) is 5.06. The summed E-state index contributed by atoms with van der Waals surface area (Å²) >= 11 is 0. The van der Waals surface area contributed by atoms with Crippen LogP contribution in [0.1, 0.15) is 6.92 Å². The van der Waals surface area contributed by atoms with Crippen LogP contribution in [0.2, 0.25) is 0 Å². The minimum absolute atomic E-state index is 0.209. The van der Waals surface area contributed by atoms with Gasteiger partial charge in [-0.15, -0.1) is 0 Å². The van der Waals surface area contributed by atoms with Gasteiger partial charge >= 0.3 is 18.0 Å². The van der Waals surface area contributed by atoms with Crippen molar-refractivity contribution in [3.05, 3.63) is 22.2 Å². The highest BCUT2D eigenvalue weighted by Crippen LogP contribution is 2.27. The molecule has 112 valence electrons. The maximum Gasteiger partial charge on any atom is 0.324 e. The van der Waals surface area contributed by atoms with E-state index in [9.17, 15) is 27.7 Å². The maximum absolute atomic E-state index is 12.8. The number of hydrogen-bond acceptors (Lipinski definition) is 5. The normalized spacial score (nSPS) is 11.5. The third kappa shape index (κ3) is 3.93. The predicted octanol–water partition coefficient (Wildman–Crippen LogP) is 2.73. The summed E-state index contributed by atoms with van der Waals surface area (Å²) in [4.78, 5) is 13.6. The number of aromatic nitrogens is 1. The maximum atomic E-state index is 12.8. The van der Waals surface area contributed by atoms with Crippen molar-refractivity contribution in [1.82, 2.24) is 4.98 Å². The average Bonchev–Trinajstić information content (AvgIpc) is 2.36. The topological polar surface area (TPSA) is 80.1 Å². The summed E-state index contributed by atoms with van der Waals surface area (Å²) in [5.41, 5.74) is -0.572. The van der Waals surface area contributed by atoms with Gasteiger partial charge in [-0.25, -0.2) is 13.8 Å². The Morgan fingerprint density at radius 3 is 2.55 bits per heavy atom. The molecule has 0 aliphatic carbocycles. The fourth-order valence-corrected chi connectivity index (χ4v) is 1.29. The molecule has 1 aromatic heterocycles. The molecule has 20 heavy (non-hydrogen) atoms. The molecular formula is C10H12F4N4O2. The summed E-state index contributed by atoms with van der Waals surface area (Å²) in [6, 6.07) is 2.34. The average molecular weight is 296 g/mol. The lowest BCUT2D eigenvalue weighted by Crippen LogP contribution is -2.35. The number of anilines is 2. The zero-order valence-corrected chi connectivity index (χ0v) is 10.4. The van der Waals surface area contributed by atoms with Gasteiger partial charge in [-0.3, -0.25) is 10.1 Å². The van der Waals surface area contributed by atoms with Gasteiger partial charge in [0.25, 0.3) is 0 Å². The number of nitro groups is 1. The second-order valence-electron chi connectivity index (χ2n) is 3.77. The lowest BCUT2D eigenvalue weighted by molar-refractivity contribution is -0.384. The van der Waals surface area contributed by atoms with Crippen LogP contribution < -0.4 is 10.6 Å². The van der Waals surface area contributed by atoms with Crippen molar-refractivity contribution in [2.75, 3.05) is 23.7 Å². The van der Waals surface area contributed by atoms with Gasteiger partial charge in [-0.05, 0) is 13.0 Å². The van der Waals surface area contributed by atoms with Gasteiger partial charge in [0, 0.05) is 12.6 Å². The summed E-state index contributed by atoms with van der Waals surface area (Å²) in [5.74, 6) is -4.58. The van der Waals surface area contributed by atoms with Crippen LogP contribution in [0.3, 0.4) is 0 Å². The number of rotatable bonds is 7. The van der Waals surface area contributed by atoms with Crippen LogP contribution in [-0.4, -0.2) is 35.3 Å². The lowest BCUT2D eigenvalue weighted by atomic mass is 10.3. The first-order valence-corrected chi connectivity index (χ1v) is 5.57. The third-order valence-electron chi connectivity index (χ3n) is 2.24. The van der Waals surface area contributed by atoms with Gasteiger partial charge in [0.15, 0.2) is 0 Å². The van der Waals surface area contributed by atoms with Crippen LogP contribution in [0, 0.1) is 10.1 Å². The van der Waals surface area contributed by atoms with Gasteiger partial charge < -0.3 is 10.6 Å². The van der Waals surface area contributed by atoms with E-state index in [2.05, 4.69) is 10.3 Å². The summed E-state index contributed by atoms with van der Waals surface area (Å²) in [6.07, 6.45) is -3.87. The third-order valence-corrected chi connectivity index (χ3v) is 2.24. The minimum Gasteiger partial charge on any atom is -0.370 e. The molecule has 0 amide bonds. The van der Waals surface area contributed by atoms with E-state index in [4.69, 9.17) is 0 Å². The Morgan fingerprint density at radius 1 is 1.40 bits per heavy atom. The zero-order valence-electron chi connectivity index (χ0n) is 10.4. The van der Waals surface area contributed by atoms with Gasteiger partial charge in [-0.2, -0.15) is 8.78 Å². The molecule has 0 atom stereocenters. The van der Waals surface area contributed by atoms with Crippen molar-refractivity contribution in [3.8, 4) is 0 Å². The fraction of sp³-hybridized carbons (Fsp3) is 0.500. The molecule has 1 heterocycles. The number of halogens is 4. The molecule has 0 saturated carbocycles. The van der Waals surface area contributed by atoms with Crippen LogP contribution >= 0.6 is 0 Å². The molecule has 1 rings (SSSR count). The quantitative estimate of drug-likeness (QED) is 0.459. The molecule has 0 unspecified atom stereocenters. The Bertz CT molecular complexity index is 484. The predicted molar refractivity (Wildman–Crippen MR) is 64.5 cm³/mol. The number of nitrogens with zero attached hydrogens (tertiary/aromatic N) is 2. The first kappa shape index (κ1) is 15.9. The van der Waals surface area contributed by atoms with Crippen molar-refractivity contribution in [2.24, 2.45) is 0 Å². The largest absolute Gasteiger partial charge is 0.370 e. The van der Waals surface area contributed by atoms with Crippen molar-refractivity contribution >= 4 is 17.3 Å². The van der Waals surface area contributed by atoms with E-state index in [-0.39, 0.29) is 5.82 Å². The molecule has 1 aromatic rings. The molecule has 6 nitrogen and oxygen atoms in total. The van der Waals surface area contributed by atoms with Crippen LogP contribution in [0.4, 0.5) is 34.9 Å². The minimum atomic E-state index is -4.30. The first-order valence-electron chi connectivity index (χ1n) is 5.57. The Labute approximate surface area is 111 Å². The van der Waals surface area contributed by atoms with E-state index in [0.717, 1.165) is 6.07 Å². The second kappa shape index (κ2) is 6.35. The standard InChI is InChI=1S/C10H12F4N4O2/c1-2-15-7-4-3-6(18(19)20)8(17-7)16-5-10(13,14)9(11)12/h3-4,9H,2,5H2,1H3,(H2,15,16,17). The highest BCUT2D eigenvalue weighted by molar-refractivity contribution is 5.60. The summed E-state index contributed by atoms with van der Waals surface area (Å²) in [6.45, 7) is 0.743. The lowest BCUT2D eigenvalue weighted by Gasteiger charge is -2.16. The van der Waals surface area contributed by atoms with Gasteiger partial charge in [0.1, 0.15) is 5.82 Å². The molecule has 0 aliphatic rings. The van der Waals surface area contributed by atoms with Gasteiger partial charge in [0.05, 0.1) is 11.5 Å². The number of pyridine rings is 1. The monoisotopic (exact) mass is 296 g/mol. The van der Waals surface area contributed by atoms with Crippen molar-refractivity contribution < 1.29 is 22.5 Å². The highest BCUT2D eigenvalue weighted by atomic mass is 19.3. The van der Waals surface area contributed by atoms with E-state index in [1.165, 1.54) is 6.07 Å². The summed E-state index contributed by atoms with van der Waals surface area (Å²) in [5, 5.41) is 15.3. The van der Waals surface area contributed by atoms with E-state index in [0.29, 0.717) is 6.54 Å². The number of hydrogen-bond donors (Lipinski definition) is 2. The molecule has 0 saturated heterocycles. The van der Waals surface area contributed by atoms with Crippen LogP contribution in [0.5, 0.6) is 0 Å². The smallest absolute Gasteiger partial charge is 0.324 e. The van der Waals surface area contributed by atoms with Crippen LogP contribution in [0.15, 0.2) is 12.1 Å². The van der Waals surface area contributed by atoms with E-state index in [1.54, 1.807) is 6.92 Å². The zero-order chi connectivity index (χ0) is 15.3. The van der Waals surface area contributed by atoms with Crippen molar-refractivity contribution in [2.45, 2.75) is 19.3 Å². The number of alkyl halides is 4. The Hall–Kier alpha value is -2.13. The number of nitrogens with one attached hydrogen (secondary N) is 2. The highest BCUT2D eigenvalue weighted by Gasteiger charge is 2.41. The fourth-order valence-electron chi connectivity index (χ4n) is 1.29. The molecule has 0 bridgehead atoms.